The van der Waals surface area contributed by atoms with E-state index in [9.17, 15) is 18.4 Å². The maximum absolute atomic E-state index is 17.5. The van der Waals surface area contributed by atoms with Gasteiger partial charge in [-0.1, -0.05) is 6.07 Å². The number of pyridine rings is 1. The molecule has 1 N–H and O–H groups in total. The van der Waals surface area contributed by atoms with Crippen LogP contribution in [0.25, 0.3) is 32.9 Å². The lowest BCUT2D eigenvalue weighted by Crippen LogP contribution is -2.60. The molecule has 0 unspecified atom stereocenters. The van der Waals surface area contributed by atoms with Gasteiger partial charge in [0.15, 0.2) is 5.82 Å². The molecule has 6 aliphatic rings. The first kappa shape index (κ1) is 39.4. The van der Waals surface area contributed by atoms with Crippen molar-refractivity contribution in [2.45, 2.75) is 81.1 Å². The fourth-order valence-corrected chi connectivity index (χ4v) is 9.70. The zero-order valence-electron chi connectivity index (χ0n) is 32.6. The molecule has 10 rings (SSSR count). The fourth-order valence-electron chi connectivity index (χ4n) is 9.70. The lowest BCUT2D eigenvalue weighted by atomic mass is 9.90. The molecule has 6 aliphatic heterocycles. The first-order valence-corrected chi connectivity index (χ1v) is 19.9. The molecular formula is C41H44F5N7O6. The monoisotopic (exact) mass is 825 g/mol. The number of ether oxygens (including phenoxy) is 4. The number of halogens is 5. The minimum Gasteiger partial charge on any atom is -0.461 e. The van der Waals surface area contributed by atoms with Gasteiger partial charge in [0.1, 0.15) is 59.8 Å². The van der Waals surface area contributed by atoms with Crippen molar-refractivity contribution in [1.82, 2.24) is 30.1 Å². The predicted octanol–water partition coefficient (Wildman–Crippen LogP) is 6.23. The van der Waals surface area contributed by atoms with Crippen LogP contribution in [0.1, 0.15) is 44.6 Å². The number of aryl methyl sites for hydroxylation is 1. The van der Waals surface area contributed by atoms with Gasteiger partial charge in [-0.2, -0.15) is 9.97 Å². The third-order valence-electron chi connectivity index (χ3n) is 12.4. The molecule has 59 heavy (non-hydrogen) atoms. The van der Waals surface area contributed by atoms with Gasteiger partial charge in [-0.15, -0.1) is 0 Å². The number of alkyl carbamates (subject to hydrolysis) is 1. The molecule has 4 aromatic rings. The van der Waals surface area contributed by atoms with Gasteiger partial charge in [0.2, 0.25) is 0 Å². The first-order valence-electron chi connectivity index (χ1n) is 19.9. The summed E-state index contributed by atoms with van der Waals surface area (Å²) in [6, 6.07) is 5.31. The largest absolute Gasteiger partial charge is 0.461 e. The molecule has 0 spiro atoms. The van der Waals surface area contributed by atoms with Crippen LogP contribution in [0.4, 0.5) is 37.4 Å². The summed E-state index contributed by atoms with van der Waals surface area (Å²) < 4.78 is 101. The minimum atomic E-state index is -1.44. The van der Waals surface area contributed by atoms with Crippen molar-refractivity contribution in [3.8, 4) is 23.0 Å². The molecule has 2 amide bonds. The SMILES string of the molecule is CO[C@@H]1CN(C(=O)Oc2cc3c4c(c(F)ccc4c2)CCCOC(=O)N[C@]2(C)C[C@@H](F)CN(C2)c2nc(OC[C@@]45CCCN4C[C@H](F)C5)nc4c(F)c-3ncc24)C[C@H]1F. The van der Waals surface area contributed by atoms with Gasteiger partial charge >= 0.3 is 18.2 Å². The van der Waals surface area contributed by atoms with Crippen LogP contribution in [0.15, 0.2) is 30.5 Å². The van der Waals surface area contributed by atoms with E-state index in [1.165, 1.54) is 37.6 Å². The molecule has 2 aromatic heterocycles. The third kappa shape index (κ3) is 7.31. The van der Waals surface area contributed by atoms with Crippen LogP contribution in [0.5, 0.6) is 11.8 Å². The number of amides is 2. The maximum atomic E-state index is 17.5. The Hall–Kier alpha value is -5.10. The molecule has 0 radical (unpaired) electrons. The predicted molar refractivity (Wildman–Crippen MR) is 205 cm³/mol. The molecule has 6 bridgehead atoms. The van der Waals surface area contributed by atoms with E-state index in [-0.39, 0.29) is 122 Å². The van der Waals surface area contributed by atoms with E-state index < -0.39 is 59.5 Å². The molecule has 0 aliphatic carbocycles. The number of aromatic nitrogens is 3. The Bertz CT molecular complexity index is 2330. The summed E-state index contributed by atoms with van der Waals surface area (Å²) in [5, 5.41) is 3.53. The summed E-state index contributed by atoms with van der Waals surface area (Å²) in [6.07, 6.45) is -3.07. The van der Waals surface area contributed by atoms with E-state index >= 15 is 13.2 Å². The normalized spacial score (nSPS) is 28.6. The molecule has 18 heteroatoms. The van der Waals surface area contributed by atoms with Gasteiger partial charge in [-0.25, -0.2) is 31.5 Å². The van der Waals surface area contributed by atoms with E-state index in [2.05, 4.69) is 25.2 Å². The van der Waals surface area contributed by atoms with Crippen LogP contribution in [0, 0.1) is 11.6 Å². The van der Waals surface area contributed by atoms with Gasteiger partial charge in [-0.3, -0.25) is 9.88 Å². The second-order valence-corrected chi connectivity index (χ2v) is 16.6. The second-order valence-electron chi connectivity index (χ2n) is 16.6. The van der Waals surface area contributed by atoms with Crippen molar-refractivity contribution >= 4 is 39.7 Å². The zero-order chi connectivity index (χ0) is 41.2. The number of carbonyl (C=O) groups is 2. The molecule has 314 valence electrons. The quantitative estimate of drug-likeness (QED) is 0.230. The highest BCUT2D eigenvalue weighted by molar-refractivity contribution is 6.02. The summed E-state index contributed by atoms with van der Waals surface area (Å²) >= 11 is 0. The van der Waals surface area contributed by atoms with Crippen molar-refractivity contribution < 1.29 is 50.5 Å². The standard InChI is InChI=1S/C41H44F5N7O6/c1-40-13-23(42)16-52(20-40)36-28-15-47-34(33(46)35(28)48-37(49-36)58-21-41-8-4-9-53(41)17-24(43)14-41)27-12-25(59-39(55)51-18-30(45)31(19-51)56-2)11-22-6-7-29(44)26(32(22)27)5-3-10-57-38(54)50-40/h6-7,11-12,15,23-24,30-31H,3-5,8-10,13-14,16-21H2,1-2H3,(H,50,54)/t23-,24-,30-,31-,40-,41+/m1/s1. The number of methoxy groups -OCH3 is 1. The fraction of sp³-hybridized carbons (Fsp3) is 0.537. The van der Waals surface area contributed by atoms with E-state index in [1.807, 2.05) is 0 Å². The Morgan fingerprint density at radius 2 is 1.88 bits per heavy atom. The van der Waals surface area contributed by atoms with Crippen molar-refractivity contribution in [3.05, 3.63) is 47.7 Å². The minimum absolute atomic E-state index is 0.0285. The van der Waals surface area contributed by atoms with Crippen molar-refractivity contribution in [2.24, 2.45) is 0 Å². The molecule has 0 saturated carbocycles. The number of nitrogens with zero attached hydrogens (tertiary/aromatic N) is 6. The van der Waals surface area contributed by atoms with E-state index in [0.29, 0.717) is 18.4 Å². The second kappa shape index (κ2) is 15.2. The Labute approximate surface area is 336 Å². The van der Waals surface area contributed by atoms with Crippen molar-refractivity contribution in [3.63, 3.8) is 0 Å². The number of rotatable bonds is 5. The summed E-state index contributed by atoms with van der Waals surface area (Å²) in [6.45, 7) is 2.16. The number of hydrogen-bond acceptors (Lipinski definition) is 11. The highest BCUT2D eigenvalue weighted by atomic mass is 19.1. The molecule has 8 heterocycles. The molecule has 4 fully saturated rings. The van der Waals surface area contributed by atoms with Crippen LogP contribution >= 0.6 is 0 Å². The number of alkyl halides is 3. The van der Waals surface area contributed by atoms with Crippen LogP contribution in [0.3, 0.4) is 0 Å². The summed E-state index contributed by atoms with van der Waals surface area (Å²) in [5.74, 6) is -1.51. The number of piperidine rings is 1. The van der Waals surface area contributed by atoms with Crippen molar-refractivity contribution in [2.75, 3.05) is 64.5 Å². The average molecular weight is 826 g/mol. The van der Waals surface area contributed by atoms with Gasteiger partial charge < -0.3 is 34.1 Å². The maximum Gasteiger partial charge on any atom is 0.415 e. The van der Waals surface area contributed by atoms with E-state index in [0.717, 1.165) is 11.3 Å². The number of likely N-dealkylation sites (tertiary alicyclic amines) is 1. The van der Waals surface area contributed by atoms with Gasteiger partial charge in [-0.05, 0) is 73.7 Å². The Balaban J connectivity index is 1.20. The lowest BCUT2D eigenvalue weighted by Gasteiger charge is -2.42. The molecule has 13 nitrogen and oxygen atoms in total. The highest BCUT2D eigenvalue weighted by Gasteiger charge is 2.49. The van der Waals surface area contributed by atoms with E-state index in [4.69, 9.17) is 18.9 Å². The number of carbonyl (C=O) groups excluding carboxylic acids is 2. The Morgan fingerprint density at radius 1 is 1.05 bits per heavy atom. The number of fused-ring (bicyclic) bond motifs is 7. The van der Waals surface area contributed by atoms with E-state index in [1.54, 1.807) is 11.8 Å². The van der Waals surface area contributed by atoms with Crippen molar-refractivity contribution in [1.29, 1.82) is 0 Å². The topological polar surface area (TPSA) is 131 Å². The number of hydrogen-bond donors (Lipinski definition) is 1. The summed E-state index contributed by atoms with van der Waals surface area (Å²) in [7, 11) is 1.35. The molecule has 6 atom stereocenters. The van der Waals surface area contributed by atoms with Gasteiger partial charge in [0.05, 0.1) is 42.7 Å². The number of benzene rings is 2. The van der Waals surface area contributed by atoms with Crippen LogP contribution in [-0.4, -0.2) is 132 Å². The van der Waals surface area contributed by atoms with Crippen LogP contribution < -0.4 is 19.7 Å². The summed E-state index contributed by atoms with van der Waals surface area (Å²) in [5.41, 5.74) is -2.03. The smallest absolute Gasteiger partial charge is 0.415 e. The number of nitrogens with one attached hydrogen (secondary N) is 1. The lowest BCUT2D eigenvalue weighted by molar-refractivity contribution is 0.0623. The molecule has 4 saturated heterocycles. The van der Waals surface area contributed by atoms with Gasteiger partial charge in [0.25, 0.3) is 0 Å². The molecule has 2 aromatic carbocycles. The average Bonchev–Trinajstić information content (AvgIpc) is 3.86. The zero-order valence-corrected chi connectivity index (χ0v) is 32.6. The first-order chi connectivity index (χ1) is 28.3. The summed E-state index contributed by atoms with van der Waals surface area (Å²) in [4.78, 5) is 45.0. The molecular weight excluding hydrogens is 781 g/mol. The van der Waals surface area contributed by atoms with Crippen LogP contribution in [0.2, 0.25) is 0 Å². The van der Waals surface area contributed by atoms with Gasteiger partial charge in [0, 0.05) is 44.8 Å². The third-order valence-corrected chi connectivity index (χ3v) is 12.4. The highest BCUT2D eigenvalue weighted by Crippen LogP contribution is 2.43. The Morgan fingerprint density at radius 3 is 2.69 bits per heavy atom. The number of anilines is 1. The Kier molecular flexibility index (Phi) is 10.1. The van der Waals surface area contributed by atoms with Crippen LogP contribution in [-0.2, 0) is 15.9 Å².